The SMILES string of the molecule is CN1CCCCCOc2cc3c(ncnc3cc2OCCCNC(=O)OC(C)(C)C)Nc2cc(Br)ccc2C1. The van der Waals surface area contributed by atoms with Crippen molar-refractivity contribution in [1.29, 1.82) is 0 Å². The monoisotopic (exact) mass is 599 g/mol. The van der Waals surface area contributed by atoms with Gasteiger partial charge in [0.2, 0.25) is 0 Å². The highest BCUT2D eigenvalue weighted by Gasteiger charge is 2.17. The van der Waals surface area contributed by atoms with Crippen molar-refractivity contribution in [3.63, 3.8) is 0 Å². The lowest BCUT2D eigenvalue weighted by molar-refractivity contribution is 0.0525. The van der Waals surface area contributed by atoms with E-state index in [-0.39, 0.29) is 0 Å². The van der Waals surface area contributed by atoms with Gasteiger partial charge in [0.1, 0.15) is 17.7 Å². The molecule has 1 aliphatic heterocycles. The number of nitrogens with one attached hydrogen (secondary N) is 2. The first-order valence-corrected chi connectivity index (χ1v) is 14.2. The molecule has 0 aliphatic carbocycles. The number of amides is 1. The van der Waals surface area contributed by atoms with E-state index >= 15 is 0 Å². The van der Waals surface area contributed by atoms with Crippen LogP contribution in [0.2, 0.25) is 0 Å². The van der Waals surface area contributed by atoms with E-state index in [2.05, 4.69) is 66.7 Å². The number of hydrogen-bond donors (Lipinski definition) is 2. The van der Waals surface area contributed by atoms with Gasteiger partial charge in [0.25, 0.3) is 0 Å². The maximum atomic E-state index is 11.9. The van der Waals surface area contributed by atoms with Crippen LogP contribution in [0.1, 0.15) is 52.0 Å². The van der Waals surface area contributed by atoms with Gasteiger partial charge in [0.05, 0.1) is 18.7 Å². The lowest BCUT2D eigenvalue weighted by Gasteiger charge is -2.20. The number of aromatic nitrogens is 2. The molecule has 0 saturated heterocycles. The number of ether oxygens (including phenoxy) is 3. The smallest absolute Gasteiger partial charge is 0.407 e. The van der Waals surface area contributed by atoms with Crippen molar-refractivity contribution in [2.75, 3.05) is 38.7 Å². The Labute approximate surface area is 238 Å². The molecule has 2 bridgehead atoms. The van der Waals surface area contributed by atoms with Crippen molar-refractivity contribution in [2.24, 2.45) is 0 Å². The highest BCUT2D eigenvalue weighted by molar-refractivity contribution is 9.10. The summed E-state index contributed by atoms with van der Waals surface area (Å²) in [7, 11) is 2.15. The summed E-state index contributed by atoms with van der Waals surface area (Å²) < 4.78 is 18.6. The molecule has 0 radical (unpaired) electrons. The Hall–Kier alpha value is -3.11. The maximum Gasteiger partial charge on any atom is 0.407 e. The first-order chi connectivity index (χ1) is 18.7. The topological polar surface area (TPSA) is 97.8 Å². The van der Waals surface area contributed by atoms with Crippen molar-refractivity contribution >= 4 is 44.4 Å². The average molecular weight is 601 g/mol. The molecule has 1 aromatic heterocycles. The third-order valence-electron chi connectivity index (χ3n) is 6.15. The minimum Gasteiger partial charge on any atom is -0.490 e. The Kier molecular flexibility index (Phi) is 9.85. The van der Waals surface area contributed by atoms with Crippen LogP contribution < -0.4 is 20.1 Å². The maximum absolute atomic E-state index is 11.9. The zero-order valence-corrected chi connectivity index (χ0v) is 24.8. The summed E-state index contributed by atoms with van der Waals surface area (Å²) in [5, 5.41) is 7.15. The Morgan fingerprint density at radius 3 is 2.85 bits per heavy atom. The molecular formula is C29H38BrN5O4. The van der Waals surface area contributed by atoms with E-state index in [1.54, 1.807) is 6.33 Å². The standard InChI is InChI=1S/C29H38BrN5O4/c1-29(2,3)39-28(36)31-11-8-14-38-26-17-24-22-16-25(26)37-13-7-5-6-12-35(4)18-20-9-10-21(30)15-23(20)34-27(22)33-19-32-24/h9-10,15-17,19H,5-8,11-14,18H2,1-4H3,(H,31,36)(H,32,33,34). The van der Waals surface area contributed by atoms with E-state index < -0.39 is 11.7 Å². The van der Waals surface area contributed by atoms with Gasteiger partial charge in [-0.3, -0.25) is 0 Å². The number of rotatable bonds is 5. The second-order valence-corrected chi connectivity index (χ2v) is 11.7. The molecule has 4 rings (SSSR count). The van der Waals surface area contributed by atoms with E-state index in [9.17, 15) is 4.79 Å². The summed E-state index contributed by atoms with van der Waals surface area (Å²) in [6.45, 7) is 8.80. The fourth-order valence-electron chi connectivity index (χ4n) is 4.29. The zero-order chi connectivity index (χ0) is 27.8. The van der Waals surface area contributed by atoms with Crippen LogP contribution in [0.15, 0.2) is 41.1 Å². The largest absolute Gasteiger partial charge is 0.490 e. The molecule has 1 aliphatic rings. The second-order valence-electron chi connectivity index (χ2n) is 10.7. The normalized spacial score (nSPS) is 14.9. The van der Waals surface area contributed by atoms with Crippen LogP contribution in [-0.4, -0.2) is 59.9 Å². The van der Waals surface area contributed by atoms with E-state index in [1.165, 1.54) is 5.56 Å². The fourth-order valence-corrected chi connectivity index (χ4v) is 4.65. The third kappa shape index (κ3) is 8.69. The summed E-state index contributed by atoms with van der Waals surface area (Å²) in [6, 6.07) is 10.1. The van der Waals surface area contributed by atoms with Crippen LogP contribution >= 0.6 is 15.9 Å². The van der Waals surface area contributed by atoms with Crippen LogP contribution in [-0.2, 0) is 11.3 Å². The van der Waals surface area contributed by atoms with Crippen molar-refractivity contribution in [3.8, 4) is 11.5 Å². The van der Waals surface area contributed by atoms with Crippen LogP contribution in [0, 0.1) is 0 Å². The molecule has 2 N–H and O–H groups in total. The Morgan fingerprint density at radius 2 is 2.03 bits per heavy atom. The first kappa shape index (κ1) is 28.9. The zero-order valence-electron chi connectivity index (χ0n) is 23.2. The lowest BCUT2D eigenvalue weighted by atomic mass is 10.1. The molecule has 0 saturated carbocycles. The van der Waals surface area contributed by atoms with Gasteiger partial charge in [-0.05, 0) is 83.8 Å². The van der Waals surface area contributed by atoms with E-state index in [1.807, 2.05) is 32.9 Å². The number of fused-ring (bicyclic) bond motifs is 2. The van der Waals surface area contributed by atoms with Crippen LogP contribution in [0.5, 0.6) is 11.5 Å². The predicted octanol–water partition coefficient (Wildman–Crippen LogP) is 6.42. The molecule has 1 amide bonds. The number of nitrogens with zero attached hydrogens (tertiary/aromatic N) is 3. The molecule has 0 atom stereocenters. The van der Waals surface area contributed by atoms with E-state index in [0.717, 1.165) is 53.4 Å². The molecule has 0 fully saturated rings. The van der Waals surface area contributed by atoms with Crippen LogP contribution in [0.25, 0.3) is 10.9 Å². The van der Waals surface area contributed by atoms with E-state index in [4.69, 9.17) is 14.2 Å². The number of carbonyl (C=O) groups is 1. The molecule has 3 aromatic rings. The van der Waals surface area contributed by atoms with Gasteiger partial charge in [0, 0.05) is 34.7 Å². The third-order valence-corrected chi connectivity index (χ3v) is 6.65. The lowest BCUT2D eigenvalue weighted by Crippen LogP contribution is -2.33. The Bertz CT molecular complexity index is 1280. The molecular weight excluding hydrogens is 562 g/mol. The van der Waals surface area contributed by atoms with Crippen molar-refractivity contribution in [1.82, 2.24) is 20.2 Å². The quantitative estimate of drug-likeness (QED) is 0.324. The average Bonchev–Trinajstić information content (AvgIpc) is 2.86. The van der Waals surface area contributed by atoms with Crippen molar-refractivity contribution < 1.29 is 19.0 Å². The van der Waals surface area contributed by atoms with Gasteiger partial charge < -0.3 is 29.7 Å². The van der Waals surface area contributed by atoms with Crippen LogP contribution in [0.4, 0.5) is 16.3 Å². The van der Waals surface area contributed by atoms with E-state index in [0.29, 0.717) is 43.5 Å². The minimum atomic E-state index is -0.528. The predicted molar refractivity (Wildman–Crippen MR) is 157 cm³/mol. The highest BCUT2D eigenvalue weighted by atomic mass is 79.9. The molecule has 10 heteroatoms. The molecule has 210 valence electrons. The molecule has 0 spiro atoms. The summed E-state index contributed by atoms with van der Waals surface area (Å²) in [4.78, 5) is 23.3. The summed E-state index contributed by atoms with van der Waals surface area (Å²) in [6.07, 6.45) is 4.86. The van der Waals surface area contributed by atoms with Crippen LogP contribution in [0.3, 0.4) is 0 Å². The highest BCUT2D eigenvalue weighted by Crippen LogP contribution is 2.36. The second kappa shape index (κ2) is 13.3. The molecule has 2 aromatic carbocycles. The Morgan fingerprint density at radius 1 is 1.18 bits per heavy atom. The minimum absolute atomic E-state index is 0.404. The first-order valence-electron chi connectivity index (χ1n) is 13.4. The van der Waals surface area contributed by atoms with Gasteiger partial charge >= 0.3 is 6.09 Å². The number of benzene rings is 2. The summed E-state index contributed by atoms with van der Waals surface area (Å²) in [5.74, 6) is 1.98. The number of carbonyl (C=O) groups excluding carboxylic acids is 1. The van der Waals surface area contributed by atoms with Crippen molar-refractivity contribution in [2.45, 2.75) is 58.6 Å². The molecule has 2 heterocycles. The number of hydrogen-bond acceptors (Lipinski definition) is 8. The van der Waals surface area contributed by atoms with Gasteiger partial charge in [-0.1, -0.05) is 22.0 Å². The van der Waals surface area contributed by atoms with Gasteiger partial charge in [-0.25, -0.2) is 14.8 Å². The molecule has 39 heavy (non-hydrogen) atoms. The molecule has 0 unspecified atom stereocenters. The van der Waals surface area contributed by atoms with Gasteiger partial charge in [0.15, 0.2) is 11.5 Å². The Balaban J connectivity index is 1.55. The molecule has 9 nitrogen and oxygen atoms in total. The van der Waals surface area contributed by atoms with Gasteiger partial charge in [-0.15, -0.1) is 0 Å². The summed E-state index contributed by atoms with van der Waals surface area (Å²) in [5.41, 5.74) is 2.41. The fraction of sp³-hybridized carbons (Fsp3) is 0.483. The van der Waals surface area contributed by atoms with Gasteiger partial charge in [-0.2, -0.15) is 0 Å². The van der Waals surface area contributed by atoms with Crippen molar-refractivity contribution in [3.05, 3.63) is 46.7 Å². The number of alkyl carbamates (subject to hydrolysis) is 1. The number of halogens is 1. The number of anilines is 2. The summed E-state index contributed by atoms with van der Waals surface area (Å²) >= 11 is 3.61.